The molecule has 0 aromatic heterocycles. The second-order valence-electron chi connectivity index (χ2n) is 5.50. The van der Waals surface area contributed by atoms with Gasteiger partial charge in [0.2, 0.25) is 5.91 Å². The Kier molecular flexibility index (Phi) is 6.21. The minimum absolute atomic E-state index is 0.0697. The summed E-state index contributed by atoms with van der Waals surface area (Å²) in [6, 6.07) is 4.91. The molecule has 1 heterocycles. The van der Waals surface area contributed by atoms with E-state index in [2.05, 4.69) is 16.0 Å². The summed E-state index contributed by atoms with van der Waals surface area (Å²) in [5, 5.41) is 9.30. The van der Waals surface area contributed by atoms with Crippen LogP contribution in [-0.4, -0.2) is 31.4 Å². The summed E-state index contributed by atoms with van der Waals surface area (Å²) in [6.45, 7) is 4.38. The minimum atomic E-state index is -0.236. The van der Waals surface area contributed by atoms with E-state index in [1.807, 2.05) is 6.92 Å². The number of rotatable bonds is 6. The van der Waals surface area contributed by atoms with Crippen molar-refractivity contribution in [3.63, 3.8) is 0 Å². The summed E-state index contributed by atoms with van der Waals surface area (Å²) < 4.78 is 0. The SMILES string of the molecule is CCNC(=O)c1cc(Cl)ccc1NC(=O)CCC1CCNC1. The van der Waals surface area contributed by atoms with Crippen LogP contribution in [0.2, 0.25) is 5.02 Å². The average molecular weight is 324 g/mol. The molecule has 22 heavy (non-hydrogen) atoms. The quantitative estimate of drug-likeness (QED) is 0.753. The zero-order valence-electron chi connectivity index (χ0n) is 12.7. The van der Waals surface area contributed by atoms with Crippen molar-refractivity contribution in [1.29, 1.82) is 0 Å². The minimum Gasteiger partial charge on any atom is -0.352 e. The predicted octanol–water partition coefficient (Wildman–Crippen LogP) is 2.42. The lowest BCUT2D eigenvalue weighted by molar-refractivity contribution is -0.116. The number of amides is 2. The van der Waals surface area contributed by atoms with E-state index in [4.69, 9.17) is 11.6 Å². The van der Waals surface area contributed by atoms with Gasteiger partial charge in [-0.3, -0.25) is 9.59 Å². The van der Waals surface area contributed by atoms with E-state index in [1.54, 1.807) is 18.2 Å². The molecule has 6 heteroatoms. The molecule has 0 radical (unpaired) electrons. The Morgan fingerprint density at radius 1 is 1.41 bits per heavy atom. The number of halogens is 1. The van der Waals surface area contributed by atoms with E-state index < -0.39 is 0 Å². The number of nitrogens with one attached hydrogen (secondary N) is 3. The highest BCUT2D eigenvalue weighted by molar-refractivity contribution is 6.31. The molecular weight excluding hydrogens is 302 g/mol. The molecule has 0 bridgehead atoms. The van der Waals surface area contributed by atoms with Gasteiger partial charge in [-0.05, 0) is 57.0 Å². The van der Waals surface area contributed by atoms with Crippen LogP contribution >= 0.6 is 11.6 Å². The van der Waals surface area contributed by atoms with Gasteiger partial charge < -0.3 is 16.0 Å². The van der Waals surface area contributed by atoms with Crippen molar-refractivity contribution in [3.05, 3.63) is 28.8 Å². The number of hydrogen-bond acceptors (Lipinski definition) is 3. The highest BCUT2D eigenvalue weighted by Gasteiger charge is 2.17. The monoisotopic (exact) mass is 323 g/mol. The summed E-state index contributed by atoms with van der Waals surface area (Å²) in [7, 11) is 0. The first kappa shape index (κ1) is 16.8. The predicted molar refractivity (Wildman–Crippen MR) is 88.3 cm³/mol. The Morgan fingerprint density at radius 3 is 2.91 bits per heavy atom. The maximum absolute atomic E-state index is 12.1. The van der Waals surface area contributed by atoms with Crippen molar-refractivity contribution in [1.82, 2.24) is 10.6 Å². The van der Waals surface area contributed by atoms with Crippen LogP contribution in [0.4, 0.5) is 5.69 Å². The van der Waals surface area contributed by atoms with Crippen LogP contribution < -0.4 is 16.0 Å². The lowest BCUT2D eigenvalue weighted by Crippen LogP contribution is -2.25. The standard InChI is InChI=1S/C16H22ClN3O2/c1-2-19-16(22)13-9-12(17)4-5-14(13)20-15(21)6-3-11-7-8-18-10-11/h4-5,9,11,18H,2-3,6-8,10H2,1H3,(H,19,22)(H,20,21). The fourth-order valence-corrected chi connectivity index (χ4v) is 2.75. The van der Waals surface area contributed by atoms with Crippen LogP contribution in [0.5, 0.6) is 0 Å². The first-order valence-electron chi connectivity index (χ1n) is 7.68. The molecule has 0 saturated carbocycles. The number of anilines is 1. The summed E-state index contributed by atoms with van der Waals surface area (Å²) in [4.78, 5) is 24.1. The summed E-state index contributed by atoms with van der Waals surface area (Å²) in [5.41, 5.74) is 0.898. The number of benzene rings is 1. The van der Waals surface area contributed by atoms with Gasteiger partial charge in [0.25, 0.3) is 5.91 Å². The van der Waals surface area contributed by atoms with E-state index in [0.29, 0.717) is 35.2 Å². The molecule has 1 fully saturated rings. The fourth-order valence-electron chi connectivity index (χ4n) is 2.58. The van der Waals surface area contributed by atoms with Crippen LogP contribution in [0.15, 0.2) is 18.2 Å². The van der Waals surface area contributed by atoms with Crippen molar-refractivity contribution in [2.75, 3.05) is 25.0 Å². The van der Waals surface area contributed by atoms with Gasteiger partial charge in [-0.2, -0.15) is 0 Å². The number of carbonyl (C=O) groups is 2. The molecule has 0 spiro atoms. The third kappa shape index (κ3) is 4.71. The van der Waals surface area contributed by atoms with Gasteiger partial charge in [-0.1, -0.05) is 11.6 Å². The summed E-state index contributed by atoms with van der Waals surface area (Å²) >= 11 is 5.95. The number of hydrogen-bond donors (Lipinski definition) is 3. The molecule has 1 aliphatic rings. The highest BCUT2D eigenvalue weighted by atomic mass is 35.5. The van der Waals surface area contributed by atoms with Crippen molar-refractivity contribution < 1.29 is 9.59 Å². The normalized spacial score (nSPS) is 17.3. The lowest BCUT2D eigenvalue weighted by atomic mass is 10.0. The van der Waals surface area contributed by atoms with Crippen molar-refractivity contribution in [2.45, 2.75) is 26.2 Å². The van der Waals surface area contributed by atoms with Gasteiger partial charge in [0.1, 0.15) is 0 Å². The maximum atomic E-state index is 12.1. The molecule has 1 atom stereocenters. The van der Waals surface area contributed by atoms with E-state index >= 15 is 0 Å². The average Bonchev–Trinajstić information content (AvgIpc) is 3.00. The number of carbonyl (C=O) groups excluding carboxylic acids is 2. The fraction of sp³-hybridized carbons (Fsp3) is 0.500. The Balaban J connectivity index is 1.98. The molecule has 5 nitrogen and oxygen atoms in total. The molecule has 120 valence electrons. The van der Waals surface area contributed by atoms with Crippen LogP contribution in [0.3, 0.4) is 0 Å². The van der Waals surface area contributed by atoms with Crippen molar-refractivity contribution in [2.24, 2.45) is 5.92 Å². The second-order valence-corrected chi connectivity index (χ2v) is 5.93. The third-order valence-corrected chi connectivity index (χ3v) is 4.01. The molecule has 1 aromatic carbocycles. The molecule has 2 rings (SSSR count). The Morgan fingerprint density at radius 2 is 2.23 bits per heavy atom. The molecule has 2 amide bonds. The largest absolute Gasteiger partial charge is 0.352 e. The molecule has 1 aliphatic heterocycles. The third-order valence-electron chi connectivity index (χ3n) is 3.78. The van der Waals surface area contributed by atoms with E-state index in [9.17, 15) is 9.59 Å². The van der Waals surface area contributed by atoms with Gasteiger partial charge in [0, 0.05) is 18.0 Å². The summed E-state index contributed by atoms with van der Waals surface area (Å²) in [6.07, 6.45) is 2.45. The van der Waals surface area contributed by atoms with Crippen LogP contribution in [-0.2, 0) is 4.79 Å². The lowest BCUT2D eigenvalue weighted by Gasteiger charge is -2.12. The molecular formula is C16H22ClN3O2. The van der Waals surface area contributed by atoms with Crippen molar-refractivity contribution in [3.8, 4) is 0 Å². The van der Waals surface area contributed by atoms with Crippen LogP contribution in [0.25, 0.3) is 0 Å². The summed E-state index contributed by atoms with van der Waals surface area (Å²) in [5.74, 6) is 0.263. The van der Waals surface area contributed by atoms with Crippen LogP contribution in [0.1, 0.15) is 36.5 Å². The van der Waals surface area contributed by atoms with E-state index in [-0.39, 0.29) is 11.8 Å². The van der Waals surface area contributed by atoms with Crippen molar-refractivity contribution >= 4 is 29.1 Å². The zero-order valence-corrected chi connectivity index (χ0v) is 13.5. The first-order chi connectivity index (χ1) is 10.6. The molecule has 0 aliphatic carbocycles. The van der Waals surface area contributed by atoms with Gasteiger partial charge in [0.15, 0.2) is 0 Å². The smallest absolute Gasteiger partial charge is 0.253 e. The van der Waals surface area contributed by atoms with E-state index in [0.717, 1.165) is 25.9 Å². The van der Waals surface area contributed by atoms with Crippen LogP contribution in [0, 0.1) is 5.92 Å². The Bertz CT molecular complexity index is 542. The van der Waals surface area contributed by atoms with Gasteiger partial charge in [-0.15, -0.1) is 0 Å². The zero-order chi connectivity index (χ0) is 15.9. The van der Waals surface area contributed by atoms with Gasteiger partial charge >= 0.3 is 0 Å². The molecule has 1 saturated heterocycles. The second kappa shape index (κ2) is 8.15. The first-order valence-corrected chi connectivity index (χ1v) is 8.06. The Hall–Kier alpha value is -1.59. The molecule has 1 aromatic rings. The molecule has 3 N–H and O–H groups in total. The molecule has 1 unspecified atom stereocenters. The van der Waals surface area contributed by atoms with Gasteiger partial charge in [-0.25, -0.2) is 0 Å². The Labute approximate surface area is 135 Å². The van der Waals surface area contributed by atoms with Gasteiger partial charge in [0.05, 0.1) is 11.3 Å². The maximum Gasteiger partial charge on any atom is 0.253 e. The highest BCUT2D eigenvalue weighted by Crippen LogP contribution is 2.22. The van der Waals surface area contributed by atoms with E-state index in [1.165, 1.54) is 0 Å². The topological polar surface area (TPSA) is 70.2 Å².